The summed E-state index contributed by atoms with van der Waals surface area (Å²) >= 11 is 0. The van der Waals surface area contributed by atoms with Crippen LogP contribution >= 0.6 is 0 Å². The Bertz CT molecular complexity index is 1700. The first-order valence-corrected chi connectivity index (χ1v) is 14.9. The van der Waals surface area contributed by atoms with Crippen molar-refractivity contribution in [1.82, 2.24) is 9.97 Å². The average Bonchev–Trinajstić information content (AvgIpc) is 3.60. The summed E-state index contributed by atoms with van der Waals surface area (Å²) in [6, 6.07) is 18.8. The number of aliphatic carboxylic acids is 1. The molecule has 6 nitrogen and oxygen atoms in total. The second-order valence-electron chi connectivity index (χ2n) is 12.0. The number of benzene rings is 3. The lowest BCUT2D eigenvalue weighted by atomic mass is 9.89. The van der Waals surface area contributed by atoms with Gasteiger partial charge in [0.2, 0.25) is 5.95 Å². The van der Waals surface area contributed by atoms with Gasteiger partial charge in [0.25, 0.3) is 0 Å². The molecular weight excluding hydrogens is 548 g/mol. The molecule has 2 fully saturated rings. The highest BCUT2D eigenvalue weighted by Crippen LogP contribution is 2.61. The fraction of sp³-hybridized carbons (Fsp3) is 0.343. The molecule has 8 heteroatoms. The number of halogens is 2. The molecule has 4 aromatic rings. The van der Waals surface area contributed by atoms with E-state index in [2.05, 4.69) is 29.2 Å². The average molecular weight is 582 g/mol. The SMILES string of the molecule is Cc1nc(N2CCC(c3ccccc3)CC2)nc(C)c1-c1ccc(F)c(COc2ccc3c(c2)CC2C(C(=O)O)C32)c1F. The van der Waals surface area contributed by atoms with E-state index in [0.717, 1.165) is 37.1 Å². The molecule has 1 aliphatic heterocycles. The third-order valence-corrected chi connectivity index (χ3v) is 9.53. The number of aryl methyl sites for hydroxylation is 2. The summed E-state index contributed by atoms with van der Waals surface area (Å²) in [5.74, 6) is -0.556. The van der Waals surface area contributed by atoms with Crippen molar-refractivity contribution in [3.05, 3.63) is 106 Å². The molecule has 0 amide bonds. The molecule has 1 saturated carbocycles. The first-order chi connectivity index (χ1) is 20.8. The molecule has 2 heterocycles. The third kappa shape index (κ3) is 4.92. The quantitative estimate of drug-likeness (QED) is 0.254. The van der Waals surface area contributed by atoms with Crippen molar-refractivity contribution < 1.29 is 23.4 Å². The Hall–Kier alpha value is -4.33. The van der Waals surface area contributed by atoms with Gasteiger partial charge in [-0.3, -0.25) is 4.79 Å². The fourth-order valence-electron chi connectivity index (χ4n) is 7.26. The van der Waals surface area contributed by atoms with E-state index in [-0.39, 0.29) is 35.5 Å². The minimum absolute atomic E-state index is 0.0642. The predicted molar refractivity (Wildman–Crippen MR) is 159 cm³/mol. The molecule has 1 saturated heterocycles. The summed E-state index contributed by atoms with van der Waals surface area (Å²) in [6.07, 6.45) is 2.71. The molecule has 220 valence electrons. The number of ether oxygens (including phenoxy) is 1. The lowest BCUT2D eigenvalue weighted by molar-refractivity contribution is -0.139. The molecule has 0 radical (unpaired) electrons. The molecule has 3 unspecified atom stereocenters. The summed E-state index contributed by atoms with van der Waals surface area (Å²) in [5, 5.41) is 9.35. The van der Waals surface area contributed by atoms with E-state index in [1.165, 1.54) is 17.7 Å². The van der Waals surface area contributed by atoms with Gasteiger partial charge in [0.05, 0.1) is 22.9 Å². The number of carbonyl (C=O) groups is 1. The van der Waals surface area contributed by atoms with Crippen LogP contribution in [0.25, 0.3) is 11.1 Å². The van der Waals surface area contributed by atoms with Crippen LogP contribution in [0.3, 0.4) is 0 Å². The highest BCUT2D eigenvalue weighted by atomic mass is 19.1. The third-order valence-electron chi connectivity index (χ3n) is 9.53. The van der Waals surface area contributed by atoms with Crippen LogP contribution < -0.4 is 9.64 Å². The zero-order chi connectivity index (χ0) is 29.8. The standard InChI is InChI=1S/C35H33F2N3O3/c1-19-30(20(2)39-35(38-19)40-14-12-22(13-15-40)21-6-4-3-5-7-21)26-10-11-29(36)28(33(26)37)18-43-24-8-9-25-23(16-24)17-27-31(25)32(27)34(41)42/h3-11,16,22,27,31-32H,12-15,17-18H2,1-2H3,(H,41,42). The minimum Gasteiger partial charge on any atom is -0.489 e. The Labute approximate surface area is 249 Å². The van der Waals surface area contributed by atoms with Crippen molar-refractivity contribution in [1.29, 1.82) is 0 Å². The van der Waals surface area contributed by atoms with Crippen molar-refractivity contribution in [2.75, 3.05) is 18.0 Å². The van der Waals surface area contributed by atoms with Crippen LogP contribution in [0.1, 0.15) is 58.3 Å². The van der Waals surface area contributed by atoms with E-state index in [1.54, 1.807) is 6.07 Å². The predicted octanol–water partition coefficient (Wildman–Crippen LogP) is 6.97. The summed E-state index contributed by atoms with van der Waals surface area (Å²) in [6.45, 7) is 5.09. The molecule has 3 atom stereocenters. The zero-order valence-electron chi connectivity index (χ0n) is 24.2. The van der Waals surface area contributed by atoms with Gasteiger partial charge < -0.3 is 14.7 Å². The molecule has 7 rings (SSSR count). The number of anilines is 1. The number of carboxylic acids is 1. The van der Waals surface area contributed by atoms with Crippen molar-refractivity contribution in [2.45, 2.75) is 51.6 Å². The van der Waals surface area contributed by atoms with E-state index in [1.807, 2.05) is 32.0 Å². The summed E-state index contributed by atoms with van der Waals surface area (Å²) in [5.41, 5.74) is 5.39. The van der Waals surface area contributed by atoms with Gasteiger partial charge in [0, 0.05) is 30.1 Å². The Kier molecular flexibility index (Phi) is 6.87. The van der Waals surface area contributed by atoms with Gasteiger partial charge in [-0.1, -0.05) is 36.4 Å². The second kappa shape index (κ2) is 10.7. The molecule has 1 N–H and O–H groups in total. The van der Waals surface area contributed by atoms with Gasteiger partial charge >= 0.3 is 5.97 Å². The van der Waals surface area contributed by atoms with Gasteiger partial charge in [0.1, 0.15) is 24.0 Å². The first kappa shape index (κ1) is 27.5. The number of aromatic nitrogens is 2. The maximum atomic E-state index is 15.9. The maximum absolute atomic E-state index is 15.9. The Morgan fingerprint density at radius 2 is 1.72 bits per heavy atom. The number of rotatable bonds is 7. The molecule has 0 bridgehead atoms. The minimum atomic E-state index is -0.749. The van der Waals surface area contributed by atoms with Crippen molar-refractivity contribution in [2.24, 2.45) is 11.8 Å². The summed E-state index contributed by atoms with van der Waals surface area (Å²) in [4.78, 5) is 23.1. The number of carboxylic acid groups (broad SMARTS) is 1. The lowest BCUT2D eigenvalue weighted by Gasteiger charge is -2.32. The van der Waals surface area contributed by atoms with Crippen LogP contribution in [0.5, 0.6) is 5.75 Å². The van der Waals surface area contributed by atoms with Crippen molar-refractivity contribution in [3.8, 4) is 16.9 Å². The highest BCUT2D eigenvalue weighted by molar-refractivity contribution is 5.78. The van der Waals surface area contributed by atoms with E-state index in [0.29, 0.717) is 41.0 Å². The number of fused-ring (bicyclic) bond motifs is 3. The van der Waals surface area contributed by atoms with Crippen LogP contribution in [0, 0.1) is 37.3 Å². The van der Waals surface area contributed by atoms with E-state index >= 15 is 4.39 Å². The lowest BCUT2D eigenvalue weighted by Crippen LogP contribution is -2.34. The Balaban J connectivity index is 1.07. The maximum Gasteiger partial charge on any atom is 0.307 e. The molecule has 1 aromatic heterocycles. The van der Waals surface area contributed by atoms with E-state index < -0.39 is 17.6 Å². The van der Waals surface area contributed by atoms with Crippen molar-refractivity contribution in [3.63, 3.8) is 0 Å². The van der Waals surface area contributed by atoms with Gasteiger partial charge in [-0.05, 0) is 85.9 Å². The van der Waals surface area contributed by atoms with Gasteiger partial charge in [-0.25, -0.2) is 18.7 Å². The zero-order valence-corrected chi connectivity index (χ0v) is 24.2. The Morgan fingerprint density at radius 3 is 2.42 bits per heavy atom. The molecule has 3 aliphatic rings. The summed E-state index contributed by atoms with van der Waals surface area (Å²) < 4.78 is 36.6. The molecule has 43 heavy (non-hydrogen) atoms. The number of hydrogen-bond donors (Lipinski definition) is 1. The topological polar surface area (TPSA) is 75.5 Å². The van der Waals surface area contributed by atoms with Gasteiger partial charge in [-0.15, -0.1) is 0 Å². The molecule has 2 aliphatic carbocycles. The second-order valence-corrected chi connectivity index (χ2v) is 12.0. The Morgan fingerprint density at radius 1 is 1.00 bits per heavy atom. The van der Waals surface area contributed by atoms with E-state index in [9.17, 15) is 14.3 Å². The normalized spacial score (nSPS) is 20.9. The largest absolute Gasteiger partial charge is 0.489 e. The fourth-order valence-corrected chi connectivity index (χ4v) is 7.26. The number of piperidine rings is 1. The van der Waals surface area contributed by atoms with Crippen LogP contribution in [0.2, 0.25) is 0 Å². The van der Waals surface area contributed by atoms with Crippen LogP contribution in [-0.2, 0) is 17.8 Å². The van der Waals surface area contributed by atoms with Crippen molar-refractivity contribution >= 4 is 11.9 Å². The number of nitrogens with zero attached hydrogens (tertiary/aromatic N) is 3. The van der Waals surface area contributed by atoms with Crippen LogP contribution in [-0.4, -0.2) is 34.1 Å². The van der Waals surface area contributed by atoms with Gasteiger partial charge in [-0.2, -0.15) is 0 Å². The van der Waals surface area contributed by atoms with Crippen LogP contribution in [0.4, 0.5) is 14.7 Å². The molecular formula is C35H33F2N3O3. The van der Waals surface area contributed by atoms with Gasteiger partial charge in [0.15, 0.2) is 0 Å². The van der Waals surface area contributed by atoms with Crippen LogP contribution in [0.15, 0.2) is 60.7 Å². The number of hydrogen-bond acceptors (Lipinski definition) is 5. The molecule has 3 aromatic carbocycles. The first-order valence-electron chi connectivity index (χ1n) is 14.9. The summed E-state index contributed by atoms with van der Waals surface area (Å²) in [7, 11) is 0. The smallest absolute Gasteiger partial charge is 0.307 e. The monoisotopic (exact) mass is 581 g/mol. The highest BCUT2D eigenvalue weighted by Gasteiger charge is 2.59. The molecule has 0 spiro atoms. The van der Waals surface area contributed by atoms with E-state index in [4.69, 9.17) is 14.7 Å².